The molecule has 0 amide bonds. The third-order valence-electron chi connectivity index (χ3n) is 10.1. The zero-order chi connectivity index (χ0) is 36.6. The molecule has 9 rings (SSSR count). The lowest BCUT2D eigenvalue weighted by Crippen LogP contribution is -2.24. The standard InChI is InChI=1S/C22H20N4O3.C20H21N3O/c1-2-24-19-11-10-16(12-18(19)17(13-20(24)27)14-8-9-14)26-22(29)23-21(28)25(26)15-6-4-3-5-7-15;1-2-23-19-11-10-16(22-21-15-6-4-3-5-7-15)12-18(19)17(13-20(23)24)14-8-9-14/h3-7,10-14H,2,8-9H2,1H3,(H,23,28,29);3-7,10-14,21-22H,2,8-9H2,1H3. The summed E-state index contributed by atoms with van der Waals surface area (Å²) < 4.78 is 6.25. The molecule has 11 heteroatoms. The zero-order valence-corrected chi connectivity index (χ0v) is 29.7. The maximum absolute atomic E-state index is 12.6. The molecule has 0 bridgehead atoms. The minimum absolute atomic E-state index is 0.00495. The monoisotopic (exact) mass is 707 g/mol. The van der Waals surface area contributed by atoms with Crippen molar-refractivity contribution in [2.24, 2.45) is 0 Å². The Balaban J connectivity index is 0.000000154. The zero-order valence-electron chi connectivity index (χ0n) is 29.7. The summed E-state index contributed by atoms with van der Waals surface area (Å²) in [6.07, 6.45) is 4.50. The Morgan fingerprint density at radius 2 is 1.04 bits per heavy atom. The van der Waals surface area contributed by atoms with E-state index in [0.29, 0.717) is 36.3 Å². The molecule has 0 spiro atoms. The Kier molecular flexibility index (Phi) is 8.91. The Labute approximate surface area is 304 Å². The van der Waals surface area contributed by atoms with Gasteiger partial charge in [-0.2, -0.15) is 9.36 Å². The lowest BCUT2D eigenvalue weighted by molar-refractivity contribution is 0.706. The van der Waals surface area contributed by atoms with Crippen LogP contribution in [0.4, 0.5) is 11.4 Å². The quantitative estimate of drug-likeness (QED) is 0.141. The van der Waals surface area contributed by atoms with E-state index in [1.165, 1.54) is 33.2 Å². The number of aromatic nitrogens is 5. The number of rotatable bonds is 9. The molecule has 268 valence electrons. The predicted molar refractivity (Wildman–Crippen MR) is 211 cm³/mol. The van der Waals surface area contributed by atoms with Crippen molar-refractivity contribution in [1.29, 1.82) is 0 Å². The molecule has 53 heavy (non-hydrogen) atoms. The summed E-state index contributed by atoms with van der Waals surface area (Å²) in [6.45, 7) is 5.21. The van der Waals surface area contributed by atoms with Gasteiger partial charge in [-0.1, -0.05) is 36.4 Å². The third kappa shape index (κ3) is 6.61. The Hall–Kier alpha value is -6.36. The number of hydrogen-bond acceptors (Lipinski definition) is 6. The predicted octanol–water partition coefficient (Wildman–Crippen LogP) is 6.87. The summed E-state index contributed by atoms with van der Waals surface area (Å²) >= 11 is 0. The molecular formula is C42H41N7O4. The lowest BCUT2D eigenvalue weighted by atomic mass is 10.0. The van der Waals surface area contributed by atoms with E-state index >= 15 is 0 Å². The van der Waals surface area contributed by atoms with Gasteiger partial charge in [0.25, 0.3) is 11.1 Å². The maximum Gasteiger partial charge on any atom is 0.349 e. The molecule has 0 aliphatic heterocycles. The van der Waals surface area contributed by atoms with Crippen molar-refractivity contribution in [3.05, 3.63) is 162 Å². The van der Waals surface area contributed by atoms with E-state index in [-0.39, 0.29) is 11.1 Å². The Morgan fingerprint density at radius 3 is 1.58 bits per heavy atom. The summed E-state index contributed by atoms with van der Waals surface area (Å²) in [5.41, 5.74) is 12.8. The second kappa shape index (κ2) is 14.0. The van der Waals surface area contributed by atoms with E-state index < -0.39 is 11.4 Å². The molecule has 2 saturated carbocycles. The molecule has 11 nitrogen and oxygen atoms in total. The highest BCUT2D eigenvalue weighted by atomic mass is 16.2. The van der Waals surface area contributed by atoms with Crippen molar-refractivity contribution in [1.82, 2.24) is 23.5 Å². The van der Waals surface area contributed by atoms with Crippen LogP contribution < -0.4 is 33.3 Å². The van der Waals surface area contributed by atoms with Crippen molar-refractivity contribution < 1.29 is 0 Å². The number of benzene rings is 4. The molecule has 2 fully saturated rings. The van der Waals surface area contributed by atoms with Crippen molar-refractivity contribution >= 4 is 33.2 Å². The SMILES string of the molecule is CCn1c(=O)cc(C2CC2)c2cc(-n3c(=O)[nH]c(=O)n3-c3ccccc3)ccc21.CCn1c(=O)cc(C2CC2)c2cc(NNc3ccccc3)ccc21. The largest absolute Gasteiger partial charge is 0.349 e. The topological polar surface area (TPSA) is 128 Å². The highest BCUT2D eigenvalue weighted by Crippen LogP contribution is 2.43. The smallest absolute Gasteiger partial charge is 0.309 e. The fraction of sp³-hybridized carbons (Fsp3) is 0.238. The first kappa shape index (κ1) is 33.8. The molecule has 0 saturated heterocycles. The molecule has 0 unspecified atom stereocenters. The number of nitrogens with one attached hydrogen (secondary N) is 3. The van der Waals surface area contributed by atoms with Crippen LogP contribution in [0.5, 0.6) is 0 Å². The number of aryl methyl sites for hydroxylation is 2. The Bertz CT molecular complexity index is 2700. The number of fused-ring (bicyclic) bond motifs is 2. The second-order valence-corrected chi connectivity index (χ2v) is 13.7. The first-order chi connectivity index (χ1) is 25.8. The maximum atomic E-state index is 12.6. The summed E-state index contributed by atoms with van der Waals surface area (Å²) in [6, 6.07) is 34.3. The van der Waals surface area contributed by atoms with Crippen molar-refractivity contribution in [3.8, 4) is 11.4 Å². The van der Waals surface area contributed by atoms with Gasteiger partial charge in [-0.25, -0.2) is 9.59 Å². The van der Waals surface area contributed by atoms with Crippen LogP contribution in [0.15, 0.2) is 128 Å². The molecule has 2 aliphatic rings. The lowest BCUT2D eigenvalue weighted by Gasteiger charge is -2.15. The van der Waals surface area contributed by atoms with E-state index in [2.05, 4.69) is 21.9 Å². The fourth-order valence-electron chi connectivity index (χ4n) is 7.21. The highest BCUT2D eigenvalue weighted by molar-refractivity contribution is 5.87. The van der Waals surface area contributed by atoms with Gasteiger partial charge in [0, 0.05) is 36.0 Å². The van der Waals surface area contributed by atoms with E-state index in [9.17, 15) is 19.2 Å². The van der Waals surface area contributed by atoms with Crippen LogP contribution in [-0.4, -0.2) is 23.5 Å². The fourth-order valence-corrected chi connectivity index (χ4v) is 7.21. The first-order valence-corrected chi connectivity index (χ1v) is 18.3. The summed E-state index contributed by atoms with van der Waals surface area (Å²) in [5.74, 6) is 0.926. The van der Waals surface area contributed by atoms with Gasteiger partial charge in [-0.05, 0) is 123 Å². The normalized spacial score (nSPS) is 13.8. The third-order valence-corrected chi connectivity index (χ3v) is 10.1. The van der Waals surface area contributed by atoms with Crippen LogP contribution in [-0.2, 0) is 13.1 Å². The van der Waals surface area contributed by atoms with Crippen LogP contribution in [0, 0.1) is 0 Å². The molecule has 3 aromatic heterocycles. The van der Waals surface area contributed by atoms with Crippen LogP contribution in [0.1, 0.15) is 62.5 Å². The van der Waals surface area contributed by atoms with Gasteiger partial charge in [0.1, 0.15) is 0 Å². The van der Waals surface area contributed by atoms with E-state index in [4.69, 9.17) is 0 Å². The Morgan fingerprint density at radius 1 is 0.547 bits per heavy atom. The molecule has 0 radical (unpaired) electrons. The second-order valence-electron chi connectivity index (χ2n) is 13.7. The minimum atomic E-state index is -0.505. The molecule has 3 N–H and O–H groups in total. The van der Waals surface area contributed by atoms with Gasteiger partial charge in [0.15, 0.2) is 0 Å². The number of hydrazine groups is 1. The molecule has 0 atom stereocenters. The van der Waals surface area contributed by atoms with Gasteiger partial charge in [-0.3, -0.25) is 14.6 Å². The summed E-state index contributed by atoms with van der Waals surface area (Å²) in [4.78, 5) is 52.3. The average Bonchev–Trinajstić information content (AvgIpc) is 4.12. The van der Waals surface area contributed by atoms with E-state index in [1.807, 2.05) is 97.3 Å². The first-order valence-electron chi connectivity index (χ1n) is 18.3. The number of nitrogens with zero attached hydrogens (tertiary/aromatic N) is 4. The van der Waals surface area contributed by atoms with Crippen LogP contribution in [0.2, 0.25) is 0 Å². The number of hydrogen-bond donors (Lipinski definition) is 3. The molecular weight excluding hydrogens is 667 g/mol. The van der Waals surface area contributed by atoms with Crippen LogP contribution in [0.3, 0.4) is 0 Å². The number of aromatic amines is 1. The van der Waals surface area contributed by atoms with Crippen LogP contribution in [0.25, 0.3) is 33.2 Å². The van der Waals surface area contributed by atoms with Gasteiger partial charge in [-0.15, -0.1) is 0 Å². The number of para-hydroxylation sites is 2. The van der Waals surface area contributed by atoms with Gasteiger partial charge in [0.05, 0.1) is 33.8 Å². The van der Waals surface area contributed by atoms with Crippen LogP contribution >= 0.6 is 0 Å². The van der Waals surface area contributed by atoms with Gasteiger partial charge >= 0.3 is 11.4 Å². The molecule has 7 aromatic rings. The van der Waals surface area contributed by atoms with E-state index in [1.54, 1.807) is 28.8 Å². The molecule has 2 aliphatic carbocycles. The summed E-state index contributed by atoms with van der Waals surface area (Å²) in [5, 5.41) is 2.13. The van der Waals surface area contributed by atoms with Crippen molar-refractivity contribution in [2.45, 2.75) is 64.5 Å². The van der Waals surface area contributed by atoms with E-state index in [0.717, 1.165) is 46.2 Å². The van der Waals surface area contributed by atoms with Gasteiger partial charge in [0.2, 0.25) is 0 Å². The van der Waals surface area contributed by atoms with Crippen molar-refractivity contribution in [2.75, 3.05) is 10.9 Å². The number of anilines is 2. The molecule has 3 heterocycles. The summed E-state index contributed by atoms with van der Waals surface area (Å²) in [7, 11) is 0. The average molecular weight is 708 g/mol. The van der Waals surface area contributed by atoms with Crippen molar-refractivity contribution in [3.63, 3.8) is 0 Å². The van der Waals surface area contributed by atoms with Gasteiger partial charge < -0.3 is 20.0 Å². The number of pyridine rings is 2. The molecule has 4 aromatic carbocycles. The minimum Gasteiger partial charge on any atom is -0.309 e. The number of H-pyrrole nitrogens is 1. The highest BCUT2D eigenvalue weighted by Gasteiger charge is 2.28.